The van der Waals surface area contributed by atoms with E-state index in [4.69, 9.17) is 0 Å². The lowest BCUT2D eigenvalue weighted by molar-refractivity contribution is 0.461. The van der Waals surface area contributed by atoms with E-state index in [-0.39, 0.29) is 0 Å². The molecular formula is C11H9NS. The van der Waals surface area contributed by atoms with Crippen LogP contribution in [0.1, 0.15) is 0 Å². The van der Waals surface area contributed by atoms with E-state index in [9.17, 15) is 0 Å². The molecule has 64 valence electrons. The van der Waals surface area contributed by atoms with E-state index in [2.05, 4.69) is 53.1 Å². The molecule has 0 saturated heterocycles. The van der Waals surface area contributed by atoms with Gasteiger partial charge in [-0.15, -0.1) is 0 Å². The lowest BCUT2D eigenvalue weighted by Gasteiger charge is -2.36. The van der Waals surface area contributed by atoms with E-state index in [1.807, 2.05) is 11.8 Å². The van der Waals surface area contributed by atoms with Gasteiger partial charge in [-0.2, -0.15) is 0 Å². The standard InChI is InChI=1S/C11H9NS/c1-3-9-4-2-6-12-7-8-13-10(5-1)11(9)12/h1-8,11H. The third kappa shape index (κ3) is 1.02. The Morgan fingerprint density at radius 2 is 2.15 bits per heavy atom. The minimum absolute atomic E-state index is 0.449. The van der Waals surface area contributed by atoms with Gasteiger partial charge < -0.3 is 4.90 Å². The van der Waals surface area contributed by atoms with Gasteiger partial charge in [0.2, 0.25) is 0 Å². The minimum Gasteiger partial charge on any atom is -0.342 e. The zero-order valence-corrected chi connectivity index (χ0v) is 7.87. The van der Waals surface area contributed by atoms with E-state index < -0.39 is 0 Å². The van der Waals surface area contributed by atoms with Crippen LogP contribution in [0.15, 0.2) is 58.7 Å². The largest absolute Gasteiger partial charge is 0.342 e. The number of allylic oxidation sites excluding steroid dienone is 4. The summed E-state index contributed by atoms with van der Waals surface area (Å²) in [4.78, 5) is 3.67. The second-order valence-corrected chi connectivity index (χ2v) is 4.17. The first kappa shape index (κ1) is 7.27. The minimum atomic E-state index is 0.449. The molecule has 0 saturated carbocycles. The lowest BCUT2D eigenvalue weighted by atomic mass is 9.98. The Morgan fingerprint density at radius 1 is 1.15 bits per heavy atom. The third-order valence-corrected chi connectivity index (χ3v) is 3.31. The molecule has 0 aromatic heterocycles. The van der Waals surface area contributed by atoms with Crippen LogP contribution < -0.4 is 0 Å². The van der Waals surface area contributed by atoms with E-state index >= 15 is 0 Å². The van der Waals surface area contributed by atoms with Crippen LogP contribution >= 0.6 is 11.8 Å². The maximum absolute atomic E-state index is 2.25. The van der Waals surface area contributed by atoms with Crippen LogP contribution in [0.2, 0.25) is 0 Å². The zero-order chi connectivity index (χ0) is 8.67. The van der Waals surface area contributed by atoms with Crippen molar-refractivity contribution in [2.45, 2.75) is 6.04 Å². The Labute approximate surface area is 81.8 Å². The normalized spacial score (nSPS) is 28.3. The highest BCUT2D eigenvalue weighted by molar-refractivity contribution is 8.05. The van der Waals surface area contributed by atoms with Crippen molar-refractivity contribution in [2.24, 2.45) is 0 Å². The molecule has 0 fully saturated rings. The summed E-state index contributed by atoms with van der Waals surface area (Å²) >= 11 is 1.82. The van der Waals surface area contributed by atoms with Crippen LogP contribution in [0.3, 0.4) is 0 Å². The third-order valence-electron chi connectivity index (χ3n) is 2.42. The summed E-state index contributed by atoms with van der Waals surface area (Å²) in [5.74, 6) is 0. The summed E-state index contributed by atoms with van der Waals surface area (Å²) in [5, 5.41) is 2.13. The molecule has 3 aliphatic rings. The molecule has 3 rings (SSSR count). The zero-order valence-electron chi connectivity index (χ0n) is 7.05. The van der Waals surface area contributed by atoms with E-state index in [1.54, 1.807) is 0 Å². The molecule has 1 atom stereocenters. The molecule has 0 bridgehead atoms. The molecule has 1 unspecified atom stereocenters. The maximum Gasteiger partial charge on any atom is 0.0895 e. The molecule has 0 amide bonds. The molecule has 2 heterocycles. The van der Waals surface area contributed by atoms with Crippen molar-refractivity contribution in [2.75, 3.05) is 0 Å². The van der Waals surface area contributed by atoms with Crippen LogP contribution in [0, 0.1) is 0 Å². The van der Waals surface area contributed by atoms with Gasteiger partial charge in [0, 0.05) is 17.3 Å². The summed E-state index contributed by atoms with van der Waals surface area (Å²) in [6, 6.07) is 0.449. The predicted molar refractivity (Wildman–Crippen MR) is 56.8 cm³/mol. The first-order chi connectivity index (χ1) is 6.45. The summed E-state index contributed by atoms with van der Waals surface area (Å²) in [5.41, 5.74) is 1.39. The van der Waals surface area contributed by atoms with Crippen molar-refractivity contribution in [1.29, 1.82) is 0 Å². The van der Waals surface area contributed by atoms with Gasteiger partial charge >= 0.3 is 0 Å². The molecule has 2 heteroatoms. The second-order valence-electron chi connectivity index (χ2n) is 3.19. The summed E-state index contributed by atoms with van der Waals surface area (Å²) in [6.45, 7) is 0. The highest BCUT2D eigenvalue weighted by atomic mass is 32.2. The Balaban J connectivity index is 2.15. The van der Waals surface area contributed by atoms with Gasteiger partial charge in [-0.1, -0.05) is 30.0 Å². The molecule has 2 aliphatic heterocycles. The Bertz CT molecular complexity index is 385. The number of rotatable bonds is 0. The predicted octanol–water partition coefficient (Wildman–Crippen LogP) is 2.78. The van der Waals surface area contributed by atoms with Gasteiger partial charge in [0.15, 0.2) is 0 Å². The van der Waals surface area contributed by atoms with Crippen LogP contribution in [0.25, 0.3) is 0 Å². The quantitative estimate of drug-likeness (QED) is 0.573. The fourth-order valence-electron chi connectivity index (χ4n) is 1.82. The number of hydrogen-bond donors (Lipinski definition) is 0. The molecule has 1 aliphatic carbocycles. The van der Waals surface area contributed by atoms with Crippen molar-refractivity contribution in [3.8, 4) is 0 Å². The number of hydrogen-bond acceptors (Lipinski definition) is 2. The monoisotopic (exact) mass is 187 g/mol. The summed E-state index contributed by atoms with van der Waals surface area (Å²) < 4.78 is 0. The van der Waals surface area contributed by atoms with Gasteiger partial charge in [0.25, 0.3) is 0 Å². The van der Waals surface area contributed by atoms with Crippen molar-refractivity contribution in [1.82, 2.24) is 4.90 Å². The van der Waals surface area contributed by atoms with E-state index in [0.29, 0.717) is 6.04 Å². The highest BCUT2D eigenvalue weighted by Crippen LogP contribution is 2.38. The van der Waals surface area contributed by atoms with E-state index in [1.165, 1.54) is 10.5 Å². The SMILES string of the molecule is C1=CC2=CC=CN3C=CSC(=C1)C23. The van der Waals surface area contributed by atoms with Crippen molar-refractivity contribution in [3.63, 3.8) is 0 Å². The summed E-state index contributed by atoms with van der Waals surface area (Å²) in [7, 11) is 0. The first-order valence-corrected chi connectivity index (χ1v) is 5.20. The fourth-order valence-corrected chi connectivity index (χ4v) is 2.73. The van der Waals surface area contributed by atoms with E-state index in [0.717, 1.165) is 0 Å². The molecule has 0 radical (unpaired) electrons. The second kappa shape index (κ2) is 2.67. The first-order valence-electron chi connectivity index (χ1n) is 4.32. The number of nitrogens with zero attached hydrogens (tertiary/aromatic N) is 1. The Hall–Kier alpha value is -1.15. The molecule has 0 aromatic rings. The van der Waals surface area contributed by atoms with Gasteiger partial charge in [-0.05, 0) is 23.1 Å². The van der Waals surface area contributed by atoms with Crippen molar-refractivity contribution in [3.05, 3.63) is 58.7 Å². The van der Waals surface area contributed by atoms with Crippen LogP contribution in [-0.4, -0.2) is 10.9 Å². The van der Waals surface area contributed by atoms with Crippen molar-refractivity contribution < 1.29 is 0 Å². The van der Waals surface area contributed by atoms with Crippen molar-refractivity contribution >= 4 is 11.8 Å². The molecule has 13 heavy (non-hydrogen) atoms. The van der Waals surface area contributed by atoms with Gasteiger partial charge in [0.1, 0.15) is 0 Å². The average Bonchev–Trinajstić information content (AvgIpc) is 2.19. The molecular weight excluding hydrogens is 178 g/mol. The Kier molecular flexibility index (Phi) is 1.49. The molecule has 1 nitrogen and oxygen atoms in total. The van der Waals surface area contributed by atoms with Crippen LogP contribution in [0.4, 0.5) is 0 Å². The maximum atomic E-state index is 2.25. The average molecular weight is 187 g/mol. The molecule has 0 aromatic carbocycles. The fraction of sp³-hybridized carbons (Fsp3) is 0.0909. The topological polar surface area (TPSA) is 3.24 Å². The smallest absolute Gasteiger partial charge is 0.0895 e. The lowest BCUT2D eigenvalue weighted by Crippen LogP contribution is -2.33. The Morgan fingerprint density at radius 3 is 3.15 bits per heavy atom. The molecule has 0 spiro atoms. The van der Waals surface area contributed by atoms with Gasteiger partial charge in [-0.3, -0.25) is 0 Å². The van der Waals surface area contributed by atoms with Gasteiger partial charge in [-0.25, -0.2) is 0 Å². The molecule has 0 N–H and O–H groups in total. The number of thioether (sulfide) groups is 1. The van der Waals surface area contributed by atoms with Crippen LogP contribution in [0.5, 0.6) is 0 Å². The van der Waals surface area contributed by atoms with Crippen LogP contribution in [-0.2, 0) is 0 Å². The summed E-state index contributed by atoms with van der Waals surface area (Å²) in [6.07, 6.45) is 15.0. The van der Waals surface area contributed by atoms with Gasteiger partial charge in [0.05, 0.1) is 6.04 Å². The highest BCUT2D eigenvalue weighted by Gasteiger charge is 2.27.